The molecule has 0 saturated carbocycles. The maximum absolute atomic E-state index is 11.9. The van der Waals surface area contributed by atoms with Crippen molar-refractivity contribution in [2.24, 2.45) is 0 Å². The van der Waals surface area contributed by atoms with Gasteiger partial charge in [0.2, 0.25) is 11.8 Å². The van der Waals surface area contributed by atoms with E-state index < -0.39 is 0 Å². The number of para-hydroxylation sites is 1. The molecule has 0 aromatic heterocycles. The number of benzene rings is 1. The van der Waals surface area contributed by atoms with Crippen molar-refractivity contribution in [3.8, 4) is 0 Å². The Morgan fingerprint density at radius 1 is 1.24 bits per heavy atom. The van der Waals surface area contributed by atoms with E-state index >= 15 is 0 Å². The monoisotopic (exact) mass is 292 g/mol. The summed E-state index contributed by atoms with van der Waals surface area (Å²) in [6.07, 6.45) is 0. The van der Waals surface area contributed by atoms with Crippen molar-refractivity contribution in [1.82, 2.24) is 4.90 Å². The molecule has 116 valence electrons. The lowest BCUT2D eigenvalue weighted by atomic mass is 10.1. The number of amides is 2. The average molecular weight is 292 g/mol. The van der Waals surface area contributed by atoms with Gasteiger partial charge in [0.05, 0.1) is 5.60 Å². The molecule has 0 bridgehead atoms. The first kappa shape index (κ1) is 17.2. The van der Waals surface area contributed by atoms with Crippen LogP contribution in [-0.4, -0.2) is 36.0 Å². The van der Waals surface area contributed by atoms with Crippen LogP contribution >= 0.6 is 0 Å². The van der Waals surface area contributed by atoms with E-state index in [0.29, 0.717) is 12.2 Å². The molecule has 0 aliphatic carbocycles. The molecule has 21 heavy (non-hydrogen) atoms. The number of nitrogens with one attached hydrogen (secondary N) is 1. The summed E-state index contributed by atoms with van der Waals surface area (Å²) >= 11 is 0. The molecule has 2 amide bonds. The van der Waals surface area contributed by atoms with Gasteiger partial charge in [-0.25, -0.2) is 0 Å². The van der Waals surface area contributed by atoms with Gasteiger partial charge in [0.15, 0.2) is 0 Å². The highest BCUT2D eigenvalue weighted by Gasteiger charge is 2.14. The zero-order valence-corrected chi connectivity index (χ0v) is 13.4. The lowest BCUT2D eigenvalue weighted by Crippen LogP contribution is -2.28. The van der Waals surface area contributed by atoms with Crippen molar-refractivity contribution in [3.05, 3.63) is 29.8 Å². The number of carbonyl (C=O) groups excluding carboxylic acids is 2. The van der Waals surface area contributed by atoms with Gasteiger partial charge >= 0.3 is 0 Å². The van der Waals surface area contributed by atoms with E-state index in [-0.39, 0.29) is 24.0 Å². The van der Waals surface area contributed by atoms with Crippen LogP contribution in [0.5, 0.6) is 0 Å². The highest BCUT2D eigenvalue weighted by atomic mass is 16.5. The van der Waals surface area contributed by atoms with Crippen LogP contribution in [-0.2, 0) is 20.9 Å². The van der Waals surface area contributed by atoms with Crippen molar-refractivity contribution in [3.63, 3.8) is 0 Å². The summed E-state index contributed by atoms with van der Waals surface area (Å²) in [4.78, 5) is 24.8. The third-order valence-electron chi connectivity index (χ3n) is 2.87. The second-order valence-corrected chi connectivity index (χ2v) is 5.98. The minimum absolute atomic E-state index is 0.000379. The highest BCUT2D eigenvalue weighted by molar-refractivity contribution is 5.92. The number of anilines is 1. The Kier molecular flexibility index (Phi) is 5.90. The second-order valence-electron chi connectivity index (χ2n) is 5.98. The van der Waals surface area contributed by atoms with Crippen molar-refractivity contribution in [1.29, 1.82) is 0 Å². The topological polar surface area (TPSA) is 58.6 Å². The van der Waals surface area contributed by atoms with Gasteiger partial charge in [0.1, 0.15) is 6.61 Å². The summed E-state index contributed by atoms with van der Waals surface area (Å²) in [7, 11) is 1.73. The van der Waals surface area contributed by atoms with E-state index in [2.05, 4.69) is 5.32 Å². The molecule has 0 spiro atoms. The standard InChI is InChI=1S/C16H24N2O3/c1-12(19)18(5)10-13-8-6-7-9-14(13)17-15(20)11-21-16(2,3)4/h6-9H,10-11H2,1-5H3,(H,17,20). The highest BCUT2D eigenvalue weighted by Crippen LogP contribution is 2.17. The molecule has 5 nitrogen and oxygen atoms in total. The van der Waals surface area contributed by atoms with E-state index in [9.17, 15) is 9.59 Å². The summed E-state index contributed by atoms with van der Waals surface area (Å²) in [5.41, 5.74) is 1.23. The minimum Gasteiger partial charge on any atom is -0.366 e. The predicted octanol–water partition coefficient (Wildman–Crippen LogP) is 2.42. The van der Waals surface area contributed by atoms with Crippen LogP contribution < -0.4 is 5.32 Å². The van der Waals surface area contributed by atoms with Crippen molar-refractivity contribution in [2.45, 2.75) is 39.8 Å². The van der Waals surface area contributed by atoms with E-state index in [1.54, 1.807) is 11.9 Å². The molecule has 0 atom stereocenters. The molecule has 0 saturated heterocycles. The molecule has 0 heterocycles. The molecule has 0 aliphatic rings. The molecule has 0 unspecified atom stereocenters. The summed E-state index contributed by atoms with van der Waals surface area (Å²) in [5.74, 6) is -0.227. The summed E-state index contributed by atoms with van der Waals surface area (Å²) in [6, 6.07) is 7.43. The largest absolute Gasteiger partial charge is 0.366 e. The first-order chi connectivity index (χ1) is 9.69. The lowest BCUT2D eigenvalue weighted by Gasteiger charge is -2.20. The Hall–Kier alpha value is -1.88. The SMILES string of the molecule is CC(=O)N(C)Cc1ccccc1NC(=O)COC(C)(C)C. The summed E-state index contributed by atoms with van der Waals surface area (Å²) < 4.78 is 5.45. The molecule has 1 N–H and O–H groups in total. The molecule has 0 fully saturated rings. The smallest absolute Gasteiger partial charge is 0.250 e. The lowest BCUT2D eigenvalue weighted by molar-refractivity contribution is -0.128. The fraction of sp³-hybridized carbons (Fsp3) is 0.500. The summed E-state index contributed by atoms with van der Waals surface area (Å²) in [6.45, 7) is 7.66. The van der Waals surface area contributed by atoms with Crippen LogP contribution in [0.2, 0.25) is 0 Å². The molecular formula is C16H24N2O3. The fourth-order valence-corrected chi connectivity index (χ4v) is 1.62. The Labute approximate surface area is 126 Å². The molecule has 1 rings (SSSR count). The maximum atomic E-state index is 11.9. The zero-order valence-electron chi connectivity index (χ0n) is 13.4. The van der Waals surface area contributed by atoms with E-state index in [1.807, 2.05) is 45.0 Å². The van der Waals surface area contributed by atoms with Crippen LogP contribution in [0.4, 0.5) is 5.69 Å². The molecular weight excluding hydrogens is 268 g/mol. The Bertz CT molecular complexity index is 506. The number of hydrogen-bond acceptors (Lipinski definition) is 3. The Balaban J connectivity index is 2.70. The maximum Gasteiger partial charge on any atom is 0.250 e. The second kappa shape index (κ2) is 7.22. The number of nitrogens with zero attached hydrogens (tertiary/aromatic N) is 1. The Morgan fingerprint density at radius 2 is 1.86 bits per heavy atom. The van der Waals surface area contributed by atoms with Gasteiger partial charge in [0, 0.05) is 26.2 Å². The van der Waals surface area contributed by atoms with Crippen LogP contribution in [0.3, 0.4) is 0 Å². The van der Waals surface area contributed by atoms with Gasteiger partial charge in [-0.1, -0.05) is 18.2 Å². The van der Waals surface area contributed by atoms with Crippen LogP contribution in [0.1, 0.15) is 33.3 Å². The van der Waals surface area contributed by atoms with Crippen molar-refractivity contribution in [2.75, 3.05) is 19.0 Å². The van der Waals surface area contributed by atoms with Gasteiger partial charge in [-0.3, -0.25) is 9.59 Å². The first-order valence-electron chi connectivity index (χ1n) is 6.92. The molecule has 1 aromatic rings. The van der Waals surface area contributed by atoms with E-state index in [1.165, 1.54) is 6.92 Å². The first-order valence-corrected chi connectivity index (χ1v) is 6.92. The number of ether oxygens (including phenoxy) is 1. The van der Waals surface area contributed by atoms with Crippen molar-refractivity contribution < 1.29 is 14.3 Å². The number of hydrogen-bond donors (Lipinski definition) is 1. The number of carbonyl (C=O) groups is 2. The molecule has 0 aliphatic heterocycles. The van der Waals surface area contributed by atoms with Crippen molar-refractivity contribution >= 4 is 17.5 Å². The Morgan fingerprint density at radius 3 is 2.43 bits per heavy atom. The predicted molar refractivity (Wildman–Crippen MR) is 82.9 cm³/mol. The van der Waals surface area contributed by atoms with Gasteiger partial charge in [-0.05, 0) is 32.4 Å². The van der Waals surface area contributed by atoms with Gasteiger partial charge in [-0.2, -0.15) is 0 Å². The summed E-state index contributed by atoms with van der Waals surface area (Å²) in [5, 5.41) is 2.83. The fourth-order valence-electron chi connectivity index (χ4n) is 1.62. The van der Waals surface area contributed by atoms with E-state index in [4.69, 9.17) is 4.74 Å². The minimum atomic E-state index is -0.355. The van der Waals surface area contributed by atoms with Crippen LogP contribution in [0.15, 0.2) is 24.3 Å². The molecule has 5 heteroatoms. The molecule has 1 aromatic carbocycles. The zero-order chi connectivity index (χ0) is 16.0. The van der Waals surface area contributed by atoms with Gasteiger partial charge < -0.3 is 15.0 Å². The van der Waals surface area contributed by atoms with E-state index in [0.717, 1.165) is 5.56 Å². The van der Waals surface area contributed by atoms with Crippen LogP contribution in [0.25, 0.3) is 0 Å². The van der Waals surface area contributed by atoms with Crippen LogP contribution in [0, 0.1) is 0 Å². The van der Waals surface area contributed by atoms with Gasteiger partial charge in [-0.15, -0.1) is 0 Å². The van der Waals surface area contributed by atoms with Gasteiger partial charge in [0.25, 0.3) is 0 Å². The molecule has 0 radical (unpaired) electrons. The average Bonchev–Trinajstić information content (AvgIpc) is 2.37. The third-order valence-corrected chi connectivity index (χ3v) is 2.87. The third kappa shape index (κ3) is 6.40. The number of rotatable bonds is 5. The normalized spacial score (nSPS) is 11.1. The quantitative estimate of drug-likeness (QED) is 0.906.